The van der Waals surface area contributed by atoms with Crippen LogP contribution in [-0.2, 0) is 16.4 Å². The molecule has 0 spiro atoms. The first kappa shape index (κ1) is 18.4. The van der Waals surface area contributed by atoms with E-state index in [9.17, 15) is 8.42 Å². The second-order valence-corrected chi connectivity index (χ2v) is 9.10. The summed E-state index contributed by atoms with van der Waals surface area (Å²) in [6, 6.07) is 0.198. The van der Waals surface area contributed by atoms with Gasteiger partial charge < -0.3 is 9.84 Å². The Bertz CT molecular complexity index is 614. The quantitative estimate of drug-likeness (QED) is 0.845. The standard InChI is InChI=1S/C15H28N4O3S/c1-6-14-17-15(22-18-14)12(5)16-13-7-8-19(9-11(13)4)23(20,21)10(2)3/h10-13,16H,6-9H2,1-5H3/t11-,12-,13+/m0/s1. The largest absolute Gasteiger partial charge is 0.338 e. The van der Waals surface area contributed by atoms with Gasteiger partial charge in [-0.3, -0.25) is 0 Å². The number of rotatable bonds is 6. The lowest BCUT2D eigenvalue weighted by Gasteiger charge is -2.38. The zero-order chi connectivity index (χ0) is 17.2. The molecule has 132 valence electrons. The number of aromatic nitrogens is 2. The van der Waals surface area contributed by atoms with Gasteiger partial charge in [0.2, 0.25) is 15.9 Å². The minimum atomic E-state index is -3.17. The van der Waals surface area contributed by atoms with Gasteiger partial charge in [0.15, 0.2) is 5.82 Å². The van der Waals surface area contributed by atoms with Gasteiger partial charge in [0.05, 0.1) is 11.3 Å². The van der Waals surface area contributed by atoms with E-state index in [-0.39, 0.29) is 23.3 Å². The number of piperidine rings is 1. The molecule has 1 aromatic rings. The van der Waals surface area contributed by atoms with Crippen LogP contribution in [0.1, 0.15) is 58.8 Å². The molecular weight excluding hydrogens is 316 g/mol. The minimum Gasteiger partial charge on any atom is -0.338 e. The molecule has 1 saturated heterocycles. The van der Waals surface area contributed by atoms with E-state index in [1.54, 1.807) is 18.2 Å². The summed E-state index contributed by atoms with van der Waals surface area (Å²) >= 11 is 0. The SMILES string of the molecule is CCc1noc([C@H](C)N[C@@H]2CCN(S(=O)(=O)C(C)C)C[C@@H]2C)n1. The van der Waals surface area contributed by atoms with E-state index in [0.717, 1.165) is 12.8 Å². The normalized spacial score (nSPS) is 25.0. The smallest absolute Gasteiger partial charge is 0.243 e. The Kier molecular flexibility index (Phi) is 5.80. The Morgan fingerprint density at radius 2 is 2.09 bits per heavy atom. The highest BCUT2D eigenvalue weighted by Crippen LogP contribution is 2.24. The maximum Gasteiger partial charge on any atom is 0.243 e. The summed E-state index contributed by atoms with van der Waals surface area (Å²) in [5.74, 6) is 1.53. The number of hydrogen-bond donors (Lipinski definition) is 1. The zero-order valence-electron chi connectivity index (χ0n) is 14.6. The van der Waals surface area contributed by atoms with E-state index >= 15 is 0 Å². The number of aryl methyl sites for hydroxylation is 1. The van der Waals surface area contributed by atoms with Crippen molar-refractivity contribution >= 4 is 10.0 Å². The lowest BCUT2D eigenvalue weighted by atomic mass is 9.94. The Morgan fingerprint density at radius 3 is 2.61 bits per heavy atom. The summed E-state index contributed by atoms with van der Waals surface area (Å²) in [7, 11) is -3.17. The topological polar surface area (TPSA) is 88.3 Å². The van der Waals surface area contributed by atoms with E-state index in [1.165, 1.54) is 0 Å². The summed E-state index contributed by atoms with van der Waals surface area (Å²) in [5, 5.41) is 7.05. The van der Waals surface area contributed by atoms with Crippen molar-refractivity contribution in [2.24, 2.45) is 5.92 Å². The van der Waals surface area contributed by atoms with Gasteiger partial charge in [0, 0.05) is 25.6 Å². The third-order valence-corrected chi connectivity index (χ3v) is 6.70. The molecule has 0 amide bonds. The molecule has 1 aliphatic rings. The van der Waals surface area contributed by atoms with Crippen LogP contribution in [0.2, 0.25) is 0 Å². The summed E-state index contributed by atoms with van der Waals surface area (Å²) in [4.78, 5) is 4.35. The molecule has 0 bridgehead atoms. The minimum absolute atomic E-state index is 0.0384. The van der Waals surface area contributed by atoms with Crippen LogP contribution in [0.3, 0.4) is 0 Å². The molecular formula is C15H28N4O3S. The van der Waals surface area contributed by atoms with Crippen LogP contribution in [-0.4, -0.2) is 47.2 Å². The maximum absolute atomic E-state index is 12.3. The molecule has 2 heterocycles. The van der Waals surface area contributed by atoms with E-state index in [0.29, 0.717) is 24.8 Å². The van der Waals surface area contributed by atoms with E-state index in [2.05, 4.69) is 22.4 Å². The van der Waals surface area contributed by atoms with Crippen molar-refractivity contribution in [3.05, 3.63) is 11.7 Å². The highest BCUT2D eigenvalue weighted by molar-refractivity contribution is 7.89. The van der Waals surface area contributed by atoms with Crippen LogP contribution >= 0.6 is 0 Å². The van der Waals surface area contributed by atoms with Gasteiger partial charge in [0.1, 0.15) is 0 Å². The summed E-state index contributed by atoms with van der Waals surface area (Å²) < 4.78 is 31.5. The van der Waals surface area contributed by atoms with E-state index in [1.807, 2.05) is 13.8 Å². The molecule has 0 radical (unpaired) electrons. The van der Waals surface area contributed by atoms with Gasteiger partial charge in [-0.1, -0.05) is 19.0 Å². The number of sulfonamides is 1. The molecule has 1 fully saturated rings. The van der Waals surface area contributed by atoms with Crippen LogP contribution in [0.25, 0.3) is 0 Å². The fourth-order valence-electron chi connectivity index (χ4n) is 2.86. The predicted octanol–water partition coefficient (Wildman–Crippen LogP) is 1.73. The molecule has 2 rings (SSSR count). The van der Waals surface area contributed by atoms with Crippen LogP contribution in [0.4, 0.5) is 0 Å². The Balaban J connectivity index is 1.96. The monoisotopic (exact) mass is 344 g/mol. The highest BCUT2D eigenvalue weighted by atomic mass is 32.2. The highest BCUT2D eigenvalue weighted by Gasteiger charge is 2.34. The number of nitrogens with one attached hydrogen (secondary N) is 1. The molecule has 1 aromatic heterocycles. The van der Waals surface area contributed by atoms with Gasteiger partial charge in [-0.2, -0.15) is 4.98 Å². The van der Waals surface area contributed by atoms with Crippen molar-refractivity contribution in [1.82, 2.24) is 19.8 Å². The first-order chi connectivity index (χ1) is 10.8. The van der Waals surface area contributed by atoms with Crippen molar-refractivity contribution in [3.63, 3.8) is 0 Å². The van der Waals surface area contributed by atoms with Crippen molar-refractivity contribution in [3.8, 4) is 0 Å². The number of nitrogens with zero attached hydrogens (tertiary/aromatic N) is 3. The van der Waals surface area contributed by atoms with Crippen LogP contribution in [0.5, 0.6) is 0 Å². The van der Waals surface area contributed by atoms with Gasteiger partial charge >= 0.3 is 0 Å². The third-order valence-electron chi connectivity index (χ3n) is 4.46. The van der Waals surface area contributed by atoms with E-state index < -0.39 is 10.0 Å². The molecule has 0 unspecified atom stereocenters. The van der Waals surface area contributed by atoms with Crippen molar-refractivity contribution in [2.75, 3.05) is 13.1 Å². The van der Waals surface area contributed by atoms with Crippen LogP contribution in [0, 0.1) is 5.92 Å². The van der Waals surface area contributed by atoms with Gasteiger partial charge in [-0.15, -0.1) is 0 Å². The van der Waals surface area contributed by atoms with E-state index in [4.69, 9.17) is 4.52 Å². The maximum atomic E-state index is 12.3. The second kappa shape index (κ2) is 7.27. The predicted molar refractivity (Wildman–Crippen MR) is 88.4 cm³/mol. The summed E-state index contributed by atoms with van der Waals surface area (Å²) in [6.45, 7) is 10.6. The molecule has 23 heavy (non-hydrogen) atoms. The summed E-state index contributed by atoms with van der Waals surface area (Å²) in [5.41, 5.74) is 0. The third kappa shape index (κ3) is 4.10. The zero-order valence-corrected chi connectivity index (χ0v) is 15.4. The lowest BCUT2D eigenvalue weighted by Crippen LogP contribution is -2.51. The fraction of sp³-hybridized carbons (Fsp3) is 0.867. The first-order valence-electron chi connectivity index (χ1n) is 8.33. The van der Waals surface area contributed by atoms with Gasteiger partial charge in [-0.25, -0.2) is 12.7 Å². The molecule has 1 N–H and O–H groups in total. The van der Waals surface area contributed by atoms with Gasteiger partial charge in [0.25, 0.3) is 0 Å². The Labute approximate surface area is 138 Å². The Morgan fingerprint density at radius 1 is 1.39 bits per heavy atom. The second-order valence-electron chi connectivity index (χ2n) is 6.61. The molecule has 7 nitrogen and oxygen atoms in total. The average Bonchev–Trinajstić information content (AvgIpc) is 2.98. The Hall–Kier alpha value is -0.990. The lowest BCUT2D eigenvalue weighted by molar-refractivity contribution is 0.199. The number of hydrogen-bond acceptors (Lipinski definition) is 6. The van der Waals surface area contributed by atoms with Gasteiger partial charge in [-0.05, 0) is 33.1 Å². The summed E-state index contributed by atoms with van der Waals surface area (Å²) in [6.07, 6.45) is 1.53. The average molecular weight is 344 g/mol. The molecule has 8 heteroatoms. The fourth-order valence-corrected chi connectivity index (χ4v) is 4.26. The molecule has 0 aliphatic carbocycles. The van der Waals surface area contributed by atoms with Crippen LogP contribution < -0.4 is 5.32 Å². The molecule has 0 aromatic carbocycles. The first-order valence-corrected chi connectivity index (χ1v) is 9.83. The molecule has 0 saturated carbocycles. The van der Waals surface area contributed by atoms with Crippen molar-refractivity contribution < 1.29 is 12.9 Å². The van der Waals surface area contributed by atoms with Crippen molar-refractivity contribution in [1.29, 1.82) is 0 Å². The molecule has 1 aliphatic heterocycles. The van der Waals surface area contributed by atoms with Crippen LogP contribution in [0.15, 0.2) is 4.52 Å². The van der Waals surface area contributed by atoms with Crippen molar-refractivity contribution in [2.45, 2.75) is 64.8 Å². The molecule has 3 atom stereocenters.